The highest BCUT2D eigenvalue weighted by atomic mass is 16.3. The van der Waals surface area contributed by atoms with Gasteiger partial charge in [-0.2, -0.15) is 0 Å². The molecule has 2 aliphatic heterocycles. The number of hydrogen-bond acceptors (Lipinski definition) is 4. The van der Waals surface area contributed by atoms with E-state index in [-0.39, 0.29) is 35.2 Å². The lowest BCUT2D eigenvalue weighted by Crippen LogP contribution is -2.38. The number of fused-ring (bicyclic) bond motifs is 1. The third-order valence-electron chi connectivity index (χ3n) is 3.84. The third kappa shape index (κ3) is 1.80. The quantitative estimate of drug-likeness (QED) is 0.752. The molecule has 1 saturated heterocycles. The Morgan fingerprint density at radius 1 is 1.35 bits per heavy atom. The molecule has 3 amide bonds. The van der Waals surface area contributed by atoms with Crippen molar-refractivity contribution in [3.63, 3.8) is 0 Å². The average Bonchev–Trinajstić information content (AvgIpc) is 3.03. The van der Waals surface area contributed by atoms with E-state index in [4.69, 9.17) is 0 Å². The largest absolute Gasteiger partial charge is 0.394 e. The number of nitrogens with zero attached hydrogens (tertiary/aromatic N) is 1. The van der Waals surface area contributed by atoms with Gasteiger partial charge < -0.3 is 10.0 Å². The molecule has 1 aromatic rings. The van der Waals surface area contributed by atoms with E-state index < -0.39 is 11.8 Å². The highest BCUT2D eigenvalue weighted by Crippen LogP contribution is 2.25. The normalized spacial score (nSPS) is 21.1. The van der Waals surface area contributed by atoms with Crippen LogP contribution < -0.4 is 5.32 Å². The highest BCUT2D eigenvalue weighted by Gasteiger charge is 2.35. The molecule has 3 rings (SSSR count). The molecule has 1 aromatic carbocycles. The van der Waals surface area contributed by atoms with Crippen LogP contribution in [0.15, 0.2) is 18.2 Å². The van der Waals surface area contributed by atoms with Crippen LogP contribution in [-0.2, 0) is 0 Å². The Bertz CT molecular complexity index is 611. The number of carbonyl (C=O) groups excluding carboxylic acids is 3. The zero-order chi connectivity index (χ0) is 14.3. The number of benzene rings is 1. The number of likely N-dealkylation sites (tertiary alicyclic amines) is 1. The van der Waals surface area contributed by atoms with Crippen molar-refractivity contribution in [2.45, 2.75) is 18.9 Å². The first kappa shape index (κ1) is 12.8. The Labute approximate surface area is 115 Å². The van der Waals surface area contributed by atoms with Crippen LogP contribution in [0.5, 0.6) is 0 Å². The van der Waals surface area contributed by atoms with Gasteiger partial charge in [0.05, 0.1) is 29.3 Å². The fourth-order valence-corrected chi connectivity index (χ4v) is 2.84. The Kier molecular flexibility index (Phi) is 3.02. The maximum Gasteiger partial charge on any atom is 0.259 e. The Hall–Kier alpha value is -2.21. The van der Waals surface area contributed by atoms with Gasteiger partial charge in [-0.1, -0.05) is 6.07 Å². The molecular formula is C14H14N2O4. The second-order valence-corrected chi connectivity index (χ2v) is 4.99. The monoisotopic (exact) mass is 274 g/mol. The smallest absolute Gasteiger partial charge is 0.259 e. The summed E-state index contributed by atoms with van der Waals surface area (Å²) in [6.45, 7) is 0.467. The summed E-state index contributed by atoms with van der Waals surface area (Å²) in [7, 11) is 0. The van der Waals surface area contributed by atoms with E-state index in [1.807, 2.05) is 0 Å². The van der Waals surface area contributed by atoms with Crippen LogP contribution in [0.2, 0.25) is 0 Å². The number of imide groups is 1. The van der Waals surface area contributed by atoms with Gasteiger partial charge in [0.25, 0.3) is 17.7 Å². The minimum atomic E-state index is -0.534. The molecule has 1 fully saturated rings. The van der Waals surface area contributed by atoms with E-state index in [0.29, 0.717) is 6.54 Å². The molecule has 1 atom stereocenters. The van der Waals surface area contributed by atoms with Crippen LogP contribution in [0.4, 0.5) is 0 Å². The summed E-state index contributed by atoms with van der Waals surface area (Å²) in [6.07, 6.45) is 1.58. The summed E-state index contributed by atoms with van der Waals surface area (Å²) in [6, 6.07) is 4.46. The van der Waals surface area contributed by atoms with Crippen molar-refractivity contribution >= 4 is 17.7 Å². The van der Waals surface area contributed by atoms with Crippen molar-refractivity contribution in [1.29, 1.82) is 0 Å². The van der Waals surface area contributed by atoms with E-state index in [0.717, 1.165) is 12.8 Å². The van der Waals surface area contributed by atoms with Gasteiger partial charge in [0.2, 0.25) is 0 Å². The number of aliphatic hydroxyl groups is 1. The van der Waals surface area contributed by atoms with Crippen LogP contribution in [-0.4, -0.2) is 46.9 Å². The molecule has 6 heteroatoms. The lowest BCUT2D eigenvalue weighted by Gasteiger charge is -2.23. The van der Waals surface area contributed by atoms with Crippen molar-refractivity contribution < 1.29 is 19.5 Å². The summed E-state index contributed by atoms with van der Waals surface area (Å²) in [5, 5.41) is 11.5. The Morgan fingerprint density at radius 3 is 2.90 bits per heavy atom. The van der Waals surface area contributed by atoms with E-state index in [1.165, 1.54) is 6.07 Å². The minimum Gasteiger partial charge on any atom is -0.394 e. The predicted octanol–water partition coefficient (Wildman–Crippen LogP) is 0.167. The van der Waals surface area contributed by atoms with Crippen LogP contribution in [0.25, 0.3) is 0 Å². The molecule has 0 aliphatic carbocycles. The lowest BCUT2D eigenvalue weighted by molar-refractivity contribution is 0.0673. The van der Waals surface area contributed by atoms with Gasteiger partial charge in [-0.3, -0.25) is 19.7 Å². The van der Waals surface area contributed by atoms with Crippen molar-refractivity contribution in [3.8, 4) is 0 Å². The molecular weight excluding hydrogens is 260 g/mol. The van der Waals surface area contributed by atoms with Crippen molar-refractivity contribution in [1.82, 2.24) is 10.2 Å². The summed E-state index contributed by atoms with van der Waals surface area (Å²) in [5.74, 6) is -1.31. The molecule has 20 heavy (non-hydrogen) atoms. The van der Waals surface area contributed by atoms with E-state index in [9.17, 15) is 19.5 Å². The highest BCUT2D eigenvalue weighted by molar-refractivity contribution is 6.25. The molecule has 104 valence electrons. The van der Waals surface area contributed by atoms with Crippen LogP contribution in [0, 0.1) is 0 Å². The minimum absolute atomic E-state index is 0.0914. The van der Waals surface area contributed by atoms with Gasteiger partial charge in [-0.25, -0.2) is 0 Å². The van der Waals surface area contributed by atoms with Crippen molar-refractivity contribution in [3.05, 3.63) is 34.9 Å². The fraction of sp³-hybridized carbons (Fsp3) is 0.357. The molecule has 0 radical (unpaired) electrons. The number of hydrogen-bond donors (Lipinski definition) is 2. The number of rotatable bonds is 2. The topological polar surface area (TPSA) is 86.7 Å². The fourth-order valence-electron chi connectivity index (χ4n) is 2.84. The zero-order valence-electron chi connectivity index (χ0n) is 10.8. The molecule has 0 bridgehead atoms. The van der Waals surface area contributed by atoms with Gasteiger partial charge in [-0.15, -0.1) is 0 Å². The van der Waals surface area contributed by atoms with Crippen LogP contribution in [0.3, 0.4) is 0 Å². The predicted molar refractivity (Wildman–Crippen MR) is 69.4 cm³/mol. The van der Waals surface area contributed by atoms with Gasteiger partial charge >= 0.3 is 0 Å². The van der Waals surface area contributed by atoms with E-state index in [1.54, 1.807) is 17.0 Å². The molecule has 6 nitrogen and oxygen atoms in total. The first-order valence-electron chi connectivity index (χ1n) is 6.54. The van der Waals surface area contributed by atoms with Crippen molar-refractivity contribution in [2.75, 3.05) is 13.2 Å². The number of amides is 3. The standard InChI is InChI=1S/C14H14N2O4/c17-7-8-3-2-6-16(8)14(20)10-5-1-4-9-11(10)13(19)15-12(9)18/h1,4-5,8,17H,2-3,6-7H2,(H,15,18,19)/t8-/m0/s1. The number of aliphatic hydroxyl groups excluding tert-OH is 1. The SMILES string of the molecule is O=C1NC(=O)c2c1cccc2C(=O)N1CCC[C@H]1CO. The Morgan fingerprint density at radius 2 is 2.15 bits per heavy atom. The molecule has 0 spiro atoms. The van der Waals surface area contributed by atoms with Gasteiger partial charge in [0.15, 0.2) is 0 Å². The molecule has 2 aliphatic rings. The number of carbonyl (C=O) groups is 3. The molecule has 0 unspecified atom stereocenters. The molecule has 2 heterocycles. The van der Waals surface area contributed by atoms with E-state index >= 15 is 0 Å². The second kappa shape index (κ2) is 4.72. The maximum atomic E-state index is 12.6. The lowest BCUT2D eigenvalue weighted by atomic mass is 10.0. The third-order valence-corrected chi connectivity index (χ3v) is 3.84. The van der Waals surface area contributed by atoms with E-state index in [2.05, 4.69) is 5.32 Å². The van der Waals surface area contributed by atoms with Gasteiger partial charge in [0, 0.05) is 6.54 Å². The first-order valence-corrected chi connectivity index (χ1v) is 6.54. The number of nitrogens with one attached hydrogen (secondary N) is 1. The average molecular weight is 274 g/mol. The molecule has 0 saturated carbocycles. The zero-order valence-corrected chi connectivity index (χ0v) is 10.8. The van der Waals surface area contributed by atoms with Crippen LogP contribution >= 0.6 is 0 Å². The van der Waals surface area contributed by atoms with Crippen LogP contribution in [0.1, 0.15) is 43.9 Å². The van der Waals surface area contributed by atoms with Gasteiger partial charge in [-0.05, 0) is 25.0 Å². The second-order valence-electron chi connectivity index (χ2n) is 4.99. The first-order chi connectivity index (χ1) is 9.63. The summed E-state index contributed by atoms with van der Waals surface area (Å²) < 4.78 is 0. The van der Waals surface area contributed by atoms with Gasteiger partial charge in [0.1, 0.15) is 0 Å². The molecule has 0 aromatic heterocycles. The van der Waals surface area contributed by atoms with Crippen molar-refractivity contribution in [2.24, 2.45) is 0 Å². The summed E-state index contributed by atoms with van der Waals surface area (Å²) >= 11 is 0. The maximum absolute atomic E-state index is 12.6. The summed E-state index contributed by atoms with van der Waals surface area (Å²) in [5.41, 5.74) is 0.609. The Balaban J connectivity index is 2.02. The summed E-state index contributed by atoms with van der Waals surface area (Å²) in [4.78, 5) is 37.5. The molecule has 2 N–H and O–H groups in total.